The van der Waals surface area contributed by atoms with E-state index in [0.717, 1.165) is 37.7 Å². The molecule has 1 aromatic carbocycles. The van der Waals surface area contributed by atoms with Gasteiger partial charge in [0.05, 0.1) is 6.26 Å². The predicted octanol–water partition coefficient (Wildman–Crippen LogP) is 8.77. The molecule has 0 heterocycles. The number of hydrogen-bond acceptors (Lipinski definition) is 3. The van der Waals surface area contributed by atoms with Crippen molar-refractivity contribution in [3.8, 4) is 0 Å². The molecule has 0 saturated carbocycles. The van der Waals surface area contributed by atoms with Gasteiger partial charge in [-0.3, -0.25) is 4.79 Å². The van der Waals surface area contributed by atoms with E-state index in [1.807, 2.05) is 50.8 Å². The Bertz CT molecular complexity index is 677. The third-order valence-corrected chi connectivity index (χ3v) is 5.17. The van der Waals surface area contributed by atoms with Crippen LogP contribution in [0.1, 0.15) is 92.1 Å². The standard InChI is InChI=1S/C26H40N2O2.2C2H6.C2H4/c1-5-8-10-16-25(19-23-14-11-9-12-15-23)21-28(26(29)22(4)30-7-3)20-24(13-6-2)17-18-27;3*1-2/h7,9,11-12,14-15,19,24H,3-6,8,10,13,16-18,20-21,27H2,1-2H3;2*1-2H3;1-2H2/b25-19+;;;. The maximum absolute atomic E-state index is 13.1. The number of amides is 1. The maximum Gasteiger partial charge on any atom is 0.289 e. The van der Waals surface area contributed by atoms with Crippen molar-refractivity contribution in [2.45, 2.75) is 86.5 Å². The summed E-state index contributed by atoms with van der Waals surface area (Å²) >= 11 is 0. The zero-order chi connectivity index (χ0) is 28.2. The minimum Gasteiger partial charge on any atom is -0.460 e. The predicted molar refractivity (Wildman–Crippen MR) is 162 cm³/mol. The summed E-state index contributed by atoms with van der Waals surface area (Å²) < 4.78 is 5.22. The van der Waals surface area contributed by atoms with Crippen LogP contribution in [0.4, 0.5) is 0 Å². The molecule has 1 amide bonds. The molecule has 1 unspecified atom stereocenters. The first-order valence-electron chi connectivity index (χ1n) is 13.8. The van der Waals surface area contributed by atoms with Crippen molar-refractivity contribution in [3.05, 3.63) is 79.8 Å². The van der Waals surface area contributed by atoms with Crippen LogP contribution in [0.25, 0.3) is 6.08 Å². The molecule has 0 aromatic heterocycles. The molecule has 0 aliphatic heterocycles. The van der Waals surface area contributed by atoms with Gasteiger partial charge in [0.2, 0.25) is 0 Å². The zero-order valence-corrected chi connectivity index (χ0v) is 24.4. The van der Waals surface area contributed by atoms with Crippen LogP contribution in [-0.2, 0) is 9.53 Å². The Hall–Kier alpha value is -2.59. The minimum absolute atomic E-state index is 0.112. The monoisotopic (exact) mass is 500 g/mol. The van der Waals surface area contributed by atoms with Crippen LogP contribution in [-0.4, -0.2) is 30.4 Å². The SMILES string of the molecule is C=C.C=COC(=C)C(=O)N(C/C(=C/c1ccccc1)CCCCC)CC(CCC)CCN.CC.CC. The van der Waals surface area contributed by atoms with Gasteiger partial charge in [-0.05, 0) is 43.7 Å². The van der Waals surface area contributed by atoms with Crippen molar-refractivity contribution in [2.75, 3.05) is 19.6 Å². The van der Waals surface area contributed by atoms with E-state index in [0.29, 0.717) is 25.6 Å². The van der Waals surface area contributed by atoms with Crippen LogP contribution in [0.5, 0.6) is 0 Å². The highest BCUT2D eigenvalue weighted by atomic mass is 16.5. The first-order chi connectivity index (χ1) is 17.5. The van der Waals surface area contributed by atoms with Gasteiger partial charge in [0.15, 0.2) is 5.76 Å². The summed E-state index contributed by atoms with van der Waals surface area (Å²) in [5.41, 5.74) is 8.24. The van der Waals surface area contributed by atoms with Crippen molar-refractivity contribution < 1.29 is 9.53 Å². The lowest BCUT2D eigenvalue weighted by Gasteiger charge is -2.29. The van der Waals surface area contributed by atoms with Gasteiger partial charge in [-0.1, -0.05) is 116 Å². The second-order valence-electron chi connectivity index (χ2n) is 7.80. The third kappa shape index (κ3) is 18.7. The average molecular weight is 501 g/mol. The van der Waals surface area contributed by atoms with Gasteiger partial charge in [0, 0.05) is 13.1 Å². The summed E-state index contributed by atoms with van der Waals surface area (Å²) in [7, 11) is 0. The van der Waals surface area contributed by atoms with E-state index in [1.165, 1.54) is 24.7 Å². The number of nitrogens with zero attached hydrogens (tertiary/aromatic N) is 1. The summed E-state index contributed by atoms with van der Waals surface area (Å²) in [5.74, 6) is 0.303. The summed E-state index contributed by atoms with van der Waals surface area (Å²) in [6.07, 6.45) is 10.9. The molecular weight excluding hydrogens is 444 g/mol. The molecule has 0 aliphatic rings. The van der Waals surface area contributed by atoms with Crippen LogP contribution in [0.3, 0.4) is 0 Å². The Kier molecular flexibility index (Phi) is 30.2. The second-order valence-corrected chi connectivity index (χ2v) is 7.80. The number of rotatable bonds is 16. The molecule has 2 N–H and O–H groups in total. The van der Waals surface area contributed by atoms with E-state index in [2.05, 4.69) is 58.4 Å². The number of carbonyl (C=O) groups is 1. The van der Waals surface area contributed by atoms with Crippen LogP contribution in [0, 0.1) is 5.92 Å². The lowest BCUT2D eigenvalue weighted by molar-refractivity contribution is -0.130. The molecule has 0 saturated heterocycles. The molecule has 0 bridgehead atoms. The third-order valence-electron chi connectivity index (χ3n) is 5.17. The summed E-state index contributed by atoms with van der Waals surface area (Å²) in [6, 6.07) is 10.3. The number of unbranched alkanes of at least 4 members (excludes halogenated alkanes) is 2. The topological polar surface area (TPSA) is 55.6 Å². The molecule has 0 fully saturated rings. The fourth-order valence-corrected chi connectivity index (χ4v) is 3.66. The van der Waals surface area contributed by atoms with Crippen molar-refractivity contribution in [3.63, 3.8) is 0 Å². The van der Waals surface area contributed by atoms with E-state index in [-0.39, 0.29) is 11.7 Å². The second kappa shape index (κ2) is 28.6. The number of hydrogen-bond donors (Lipinski definition) is 1. The molecule has 0 radical (unpaired) electrons. The first-order valence-corrected chi connectivity index (χ1v) is 13.8. The minimum atomic E-state index is -0.178. The molecule has 0 aliphatic carbocycles. The lowest BCUT2D eigenvalue weighted by atomic mass is 9.98. The highest BCUT2D eigenvalue weighted by molar-refractivity contribution is 5.91. The molecule has 4 heteroatoms. The summed E-state index contributed by atoms with van der Waals surface area (Å²) in [5, 5.41) is 0. The summed E-state index contributed by atoms with van der Waals surface area (Å²) in [4.78, 5) is 15.0. The van der Waals surface area contributed by atoms with Gasteiger partial charge < -0.3 is 15.4 Å². The summed E-state index contributed by atoms with van der Waals surface area (Å²) in [6.45, 7) is 27.6. The van der Waals surface area contributed by atoms with Crippen LogP contribution in [0.15, 0.2) is 74.2 Å². The quantitative estimate of drug-likeness (QED) is 0.107. The fraction of sp³-hybridized carbons (Fsp3) is 0.531. The number of benzene rings is 1. The van der Waals surface area contributed by atoms with E-state index in [4.69, 9.17) is 10.5 Å². The number of carbonyl (C=O) groups excluding carboxylic acids is 1. The Morgan fingerprint density at radius 2 is 1.64 bits per heavy atom. The van der Waals surface area contributed by atoms with Gasteiger partial charge in [0.1, 0.15) is 0 Å². The number of nitrogens with two attached hydrogens (primary N) is 1. The fourth-order valence-electron chi connectivity index (χ4n) is 3.66. The van der Waals surface area contributed by atoms with Gasteiger partial charge in [-0.25, -0.2) is 0 Å². The van der Waals surface area contributed by atoms with Gasteiger partial charge in [0.25, 0.3) is 5.91 Å². The molecule has 36 heavy (non-hydrogen) atoms. The van der Waals surface area contributed by atoms with Crippen molar-refractivity contribution in [2.24, 2.45) is 11.7 Å². The maximum atomic E-state index is 13.1. The highest BCUT2D eigenvalue weighted by Crippen LogP contribution is 2.20. The van der Waals surface area contributed by atoms with Crippen LogP contribution >= 0.6 is 0 Å². The Morgan fingerprint density at radius 1 is 1.03 bits per heavy atom. The normalized spacial score (nSPS) is 10.7. The van der Waals surface area contributed by atoms with Crippen LogP contribution in [0.2, 0.25) is 0 Å². The van der Waals surface area contributed by atoms with E-state index < -0.39 is 0 Å². The lowest BCUT2D eigenvalue weighted by Crippen LogP contribution is -2.38. The molecular formula is C32H56N2O2. The van der Waals surface area contributed by atoms with Gasteiger partial charge in [-0.2, -0.15) is 0 Å². The van der Waals surface area contributed by atoms with Crippen molar-refractivity contribution in [1.29, 1.82) is 0 Å². The molecule has 4 nitrogen and oxygen atoms in total. The van der Waals surface area contributed by atoms with Crippen molar-refractivity contribution >= 4 is 12.0 Å². The highest BCUT2D eigenvalue weighted by Gasteiger charge is 2.22. The van der Waals surface area contributed by atoms with Gasteiger partial charge in [-0.15, -0.1) is 13.2 Å². The van der Waals surface area contributed by atoms with Gasteiger partial charge >= 0.3 is 0 Å². The molecule has 206 valence electrons. The molecule has 1 atom stereocenters. The largest absolute Gasteiger partial charge is 0.460 e. The van der Waals surface area contributed by atoms with E-state index in [1.54, 1.807) is 0 Å². The molecule has 0 spiro atoms. The molecule has 1 rings (SSSR count). The Balaban J connectivity index is -0.00000168. The van der Waals surface area contributed by atoms with Crippen LogP contribution < -0.4 is 5.73 Å². The zero-order valence-electron chi connectivity index (χ0n) is 24.4. The number of ether oxygens (including phenoxy) is 1. The molecule has 1 aromatic rings. The Labute approximate surface area is 224 Å². The first kappa shape index (κ1) is 37.9. The van der Waals surface area contributed by atoms with E-state index in [9.17, 15) is 4.79 Å². The smallest absolute Gasteiger partial charge is 0.289 e. The van der Waals surface area contributed by atoms with Crippen molar-refractivity contribution in [1.82, 2.24) is 4.90 Å². The average Bonchev–Trinajstić information content (AvgIpc) is 2.92. The Morgan fingerprint density at radius 3 is 2.14 bits per heavy atom. The van der Waals surface area contributed by atoms with E-state index >= 15 is 0 Å².